The molecule has 1 aliphatic carbocycles. The van der Waals surface area contributed by atoms with Gasteiger partial charge in [0.1, 0.15) is 5.02 Å². The van der Waals surface area contributed by atoms with E-state index in [0.717, 1.165) is 25.7 Å². The number of anilines is 3. The van der Waals surface area contributed by atoms with E-state index in [1.54, 1.807) is 12.1 Å². The highest BCUT2D eigenvalue weighted by Crippen LogP contribution is 2.32. The monoisotopic (exact) mass is 469 g/mol. The Morgan fingerprint density at radius 1 is 1.26 bits per heavy atom. The van der Waals surface area contributed by atoms with Gasteiger partial charge in [-0.15, -0.1) is 0 Å². The number of benzene rings is 1. The SMILES string of the molecule is N#CC1CCCCC1Nc1nc(Nc2cc(Cl)c(Br)c(CO)c2)ncc1Cl. The molecule has 3 N–H and O–H groups in total. The summed E-state index contributed by atoms with van der Waals surface area (Å²) in [6.07, 6.45) is 5.44. The lowest BCUT2D eigenvalue weighted by molar-refractivity contribution is 0.281. The summed E-state index contributed by atoms with van der Waals surface area (Å²) in [5, 5.41) is 26.0. The Bertz CT molecular complexity index is 874. The van der Waals surface area contributed by atoms with E-state index in [1.807, 2.05) is 0 Å². The van der Waals surface area contributed by atoms with Crippen molar-refractivity contribution in [1.29, 1.82) is 5.26 Å². The minimum Gasteiger partial charge on any atom is -0.392 e. The highest BCUT2D eigenvalue weighted by atomic mass is 79.9. The Hall–Kier alpha value is -1.59. The van der Waals surface area contributed by atoms with Crippen LogP contribution in [0.5, 0.6) is 0 Å². The number of nitriles is 1. The first-order chi connectivity index (χ1) is 13.0. The molecule has 3 rings (SSSR count). The van der Waals surface area contributed by atoms with Crippen molar-refractivity contribution in [1.82, 2.24) is 9.97 Å². The molecule has 0 spiro atoms. The van der Waals surface area contributed by atoms with Gasteiger partial charge in [0.15, 0.2) is 5.82 Å². The molecule has 1 saturated carbocycles. The average molecular weight is 471 g/mol. The normalized spacial score (nSPS) is 19.4. The molecule has 2 atom stereocenters. The second-order valence-corrected chi connectivity index (χ2v) is 7.98. The van der Waals surface area contributed by atoms with Gasteiger partial charge < -0.3 is 15.7 Å². The molecule has 1 fully saturated rings. The number of aliphatic hydroxyl groups excluding tert-OH is 1. The van der Waals surface area contributed by atoms with Crippen LogP contribution in [-0.4, -0.2) is 21.1 Å². The molecule has 1 aromatic heterocycles. The molecule has 1 aliphatic rings. The zero-order valence-corrected chi connectivity index (χ0v) is 17.4. The Morgan fingerprint density at radius 3 is 2.78 bits per heavy atom. The van der Waals surface area contributed by atoms with Crippen LogP contribution in [0.25, 0.3) is 0 Å². The Balaban J connectivity index is 1.81. The van der Waals surface area contributed by atoms with Crippen LogP contribution in [-0.2, 0) is 6.61 Å². The van der Waals surface area contributed by atoms with Gasteiger partial charge in [-0.05, 0) is 46.5 Å². The summed E-state index contributed by atoms with van der Waals surface area (Å²) < 4.78 is 0.649. The first kappa shape index (κ1) is 20.2. The van der Waals surface area contributed by atoms with Crippen molar-refractivity contribution in [3.63, 3.8) is 0 Å². The largest absolute Gasteiger partial charge is 0.392 e. The van der Waals surface area contributed by atoms with Gasteiger partial charge in [-0.3, -0.25) is 0 Å². The average Bonchev–Trinajstić information content (AvgIpc) is 2.67. The summed E-state index contributed by atoms with van der Waals surface area (Å²) in [5.41, 5.74) is 1.30. The van der Waals surface area contributed by atoms with Gasteiger partial charge in [0.25, 0.3) is 0 Å². The summed E-state index contributed by atoms with van der Waals surface area (Å²) >= 11 is 15.8. The maximum absolute atomic E-state index is 9.44. The first-order valence-corrected chi connectivity index (χ1v) is 10.1. The van der Waals surface area contributed by atoms with Crippen molar-refractivity contribution in [2.45, 2.75) is 38.3 Å². The van der Waals surface area contributed by atoms with Crippen LogP contribution in [0.15, 0.2) is 22.8 Å². The minimum absolute atomic E-state index is 0.0205. The quantitative estimate of drug-likeness (QED) is 0.550. The predicted molar refractivity (Wildman–Crippen MR) is 110 cm³/mol. The van der Waals surface area contributed by atoms with E-state index in [9.17, 15) is 10.4 Å². The summed E-state index contributed by atoms with van der Waals surface area (Å²) in [4.78, 5) is 8.64. The van der Waals surface area contributed by atoms with Crippen molar-refractivity contribution < 1.29 is 5.11 Å². The molecule has 6 nitrogen and oxygen atoms in total. The summed E-state index contributed by atoms with van der Waals surface area (Å²) in [6.45, 7) is -0.151. The highest BCUT2D eigenvalue weighted by Gasteiger charge is 2.26. The number of hydrogen-bond donors (Lipinski definition) is 3. The zero-order valence-electron chi connectivity index (χ0n) is 14.3. The van der Waals surface area contributed by atoms with E-state index in [-0.39, 0.29) is 18.6 Å². The molecular weight excluding hydrogens is 453 g/mol. The zero-order chi connectivity index (χ0) is 19.4. The number of aromatic nitrogens is 2. The van der Waals surface area contributed by atoms with Gasteiger partial charge >= 0.3 is 0 Å². The van der Waals surface area contributed by atoms with Gasteiger partial charge in [0, 0.05) is 16.2 Å². The fraction of sp³-hybridized carbons (Fsp3) is 0.389. The molecule has 27 heavy (non-hydrogen) atoms. The number of halogens is 3. The molecule has 142 valence electrons. The Labute approximate surface area is 176 Å². The molecular formula is C18H18BrCl2N5O. The van der Waals surface area contributed by atoms with Crippen LogP contribution >= 0.6 is 39.1 Å². The Kier molecular flexibility index (Phi) is 6.77. The van der Waals surface area contributed by atoms with Crippen molar-refractivity contribution in [2.24, 2.45) is 5.92 Å². The predicted octanol–water partition coefficient (Wildman–Crippen LogP) is 5.28. The molecule has 1 aromatic carbocycles. The van der Waals surface area contributed by atoms with Gasteiger partial charge in [-0.1, -0.05) is 36.0 Å². The van der Waals surface area contributed by atoms with Crippen molar-refractivity contribution in [3.8, 4) is 6.07 Å². The maximum atomic E-state index is 9.44. The second kappa shape index (κ2) is 9.07. The van der Waals surface area contributed by atoms with Crippen LogP contribution in [0.1, 0.15) is 31.2 Å². The lowest BCUT2D eigenvalue weighted by Crippen LogP contribution is -2.31. The molecule has 0 radical (unpaired) electrons. The van der Waals surface area contributed by atoms with Gasteiger partial charge in [-0.25, -0.2) is 4.98 Å². The smallest absolute Gasteiger partial charge is 0.229 e. The number of hydrogen-bond acceptors (Lipinski definition) is 6. The number of nitrogens with one attached hydrogen (secondary N) is 2. The van der Waals surface area contributed by atoms with E-state index >= 15 is 0 Å². The third kappa shape index (κ3) is 4.82. The topological polar surface area (TPSA) is 93.9 Å². The minimum atomic E-state index is -0.151. The van der Waals surface area contributed by atoms with E-state index in [0.29, 0.717) is 37.5 Å². The van der Waals surface area contributed by atoms with E-state index in [2.05, 4.69) is 42.6 Å². The van der Waals surface area contributed by atoms with Crippen LogP contribution in [0.3, 0.4) is 0 Å². The van der Waals surface area contributed by atoms with E-state index in [1.165, 1.54) is 6.20 Å². The lowest BCUT2D eigenvalue weighted by atomic mass is 9.85. The molecule has 9 heteroatoms. The third-order valence-corrected chi connectivity index (χ3v) is 6.27. The standard InChI is InChI=1S/C18H18BrCl2N5O/c19-16-11(9-27)5-12(6-13(16)20)24-18-23-8-14(21)17(26-18)25-15-4-2-1-3-10(15)7-22/h5-6,8,10,15,27H,1-4,9H2,(H2,23,24,25,26). The molecule has 0 bridgehead atoms. The third-order valence-electron chi connectivity index (χ3n) is 4.53. The van der Waals surface area contributed by atoms with E-state index in [4.69, 9.17) is 23.2 Å². The van der Waals surface area contributed by atoms with Crippen molar-refractivity contribution in [3.05, 3.63) is 38.4 Å². The summed E-state index contributed by atoms with van der Waals surface area (Å²) in [7, 11) is 0. The van der Waals surface area contributed by atoms with Crippen LogP contribution in [0.2, 0.25) is 10.0 Å². The fourth-order valence-corrected chi connectivity index (χ4v) is 3.86. The summed E-state index contributed by atoms with van der Waals surface area (Å²) in [6, 6.07) is 5.85. The number of nitrogens with zero attached hydrogens (tertiary/aromatic N) is 3. The lowest BCUT2D eigenvalue weighted by Gasteiger charge is -2.28. The van der Waals surface area contributed by atoms with Gasteiger partial charge in [0.2, 0.25) is 5.95 Å². The van der Waals surface area contributed by atoms with Crippen molar-refractivity contribution in [2.75, 3.05) is 10.6 Å². The van der Waals surface area contributed by atoms with Gasteiger partial charge in [0.05, 0.1) is 29.8 Å². The molecule has 1 heterocycles. The van der Waals surface area contributed by atoms with Crippen LogP contribution in [0.4, 0.5) is 17.5 Å². The second-order valence-electron chi connectivity index (χ2n) is 6.38. The maximum Gasteiger partial charge on any atom is 0.229 e. The van der Waals surface area contributed by atoms with E-state index < -0.39 is 0 Å². The van der Waals surface area contributed by atoms with Gasteiger partial charge in [-0.2, -0.15) is 10.2 Å². The highest BCUT2D eigenvalue weighted by molar-refractivity contribution is 9.10. The summed E-state index contributed by atoms with van der Waals surface area (Å²) in [5.74, 6) is 0.777. The first-order valence-electron chi connectivity index (χ1n) is 8.56. The van der Waals surface area contributed by atoms with Crippen LogP contribution in [0, 0.1) is 17.2 Å². The van der Waals surface area contributed by atoms with Crippen molar-refractivity contribution >= 4 is 56.6 Å². The number of rotatable bonds is 5. The molecule has 2 unspecified atom stereocenters. The Morgan fingerprint density at radius 2 is 2.04 bits per heavy atom. The number of aliphatic hydroxyl groups is 1. The molecule has 0 amide bonds. The molecule has 0 saturated heterocycles. The van der Waals surface area contributed by atoms with Crippen LogP contribution < -0.4 is 10.6 Å². The fourth-order valence-electron chi connectivity index (χ4n) is 3.12. The molecule has 0 aliphatic heterocycles. The molecule has 2 aromatic rings.